The molecule has 38 heavy (non-hydrogen) atoms. The summed E-state index contributed by atoms with van der Waals surface area (Å²) in [6.45, 7) is 9.08. The minimum absolute atomic E-state index is 0.0864. The Balaban J connectivity index is 1.60. The van der Waals surface area contributed by atoms with Crippen LogP contribution in [0.5, 0.6) is 0 Å². The first-order chi connectivity index (χ1) is 18.0. The molecule has 0 aromatic heterocycles. The predicted molar refractivity (Wildman–Crippen MR) is 144 cm³/mol. The van der Waals surface area contributed by atoms with Gasteiger partial charge in [0.05, 0.1) is 17.4 Å². The summed E-state index contributed by atoms with van der Waals surface area (Å²) in [6.07, 6.45) is 9.69. The Labute approximate surface area is 224 Å². The lowest BCUT2D eigenvalue weighted by molar-refractivity contribution is -0.154. The van der Waals surface area contributed by atoms with E-state index in [0.717, 1.165) is 12.1 Å². The van der Waals surface area contributed by atoms with Crippen LogP contribution in [0.15, 0.2) is 54.6 Å². The highest BCUT2D eigenvalue weighted by Gasteiger charge is 2.74. The maximum atomic E-state index is 14.3. The number of anilines is 1. The molecule has 5 atom stereocenters. The molecule has 1 aromatic rings. The van der Waals surface area contributed by atoms with Crippen molar-refractivity contribution in [1.29, 1.82) is 0 Å². The number of likely N-dealkylation sites (tertiary alicyclic amines) is 1. The number of benzene rings is 1. The summed E-state index contributed by atoms with van der Waals surface area (Å²) in [5.74, 6) is -2.14. The van der Waals surface area contributed by atoms with E-state index in [1.54, 1.807) is 14.7 Å². The highest BCUT2D eigenvalue weighted by Crippen LogP contribution is 2.57. The van der Waals surface area contributed by atoms with E-state index < -0.39 is 34.6 Å². The molecule has 5 rings (SSSR count). The number of aliphatic hydroxyl groups is 1. The molecule has 0 aliphatic carbocycles. The highest BCUT2D eigenvalue weighted by atomic mass is 16.5. The van der Waals surface area contributed by atoms with Gasteiger partial charge in [-0.15, -0.1) is 0 Å². The Bertz CT molecular complexity index is 1160. The number of ether oxygens (including phenoxy) is 1. The van der Waals surface area contributed by atoms with Gasteiger partial charge in [0, 0.05) is 37.5 Å². The first kappa shape index (κ1) is 26.6. The topological polar surface area (TPSA) is 90.4 Å². The van der Waals surface area contributed by atoms with Crippen LogP contribution in [-0.2, 0) is 19.1 Å². The van der Waals surface area contributed by atoms with Crippen LogP contribution in [0.4, 0.5) is 5.69 Å². The quantitative estimate of drug-likeness (QED) is 0.459. The third-order valence-electron chi connectivity index (χ3n) is 8.49. The van der Waals surface area contributed by atoms with Crippen LogP contribution < -0.4 is 4.90 Å². The van der Waals surface area contributed by atoms with Crippen LogP contribution in [0.3, 0.4) is 0 Å². The van der Waals surface area contributed by atoms with Crippen molar-refractivity contribution in [2.24, 2.45) is 11.8 Å². The third-order valence-corrected chi connectivity index (χ3v) is 8.49. The summed E-state index contributed by atoms with van der Waals surface area (Å²) >= 11 is 0. The molecule has 1 aromatic carbocycles. The minimum atomic E-state index is -1.25. The zero-order valence-electron chi connectivity index (χ0n) is 22.8. The summed E-state index contributed by atoms with van der Waals surface area (Å²) in [5.41, 5.74) is -1.97. The fourth-order valence-electron chi connectivity index (χ4n) is 6.78. The third kappa shape index (κ3) is 4.09. The van der Waals surface area contributed by atoms with Gasteiger partial charge >= 0.3 is 0 Å². The van der Waals surface area contributed by atoms with E-state index in [-0.39, 0.29) is 24.3 Å². The molecule has 8 nitrogen and oxygen atoms in total. The number of fused-ring (bicyclic) bond motifs is 2. The van der Waals surface area contributed by atoms with Crippen molar-refractivity contribution >= 4 is 23.4 Å². The van der Waals surface area contributed by atoms with Gasteiger partial charge in [-0.1, -0.05) is 42.5 Å². The van der Waals surface area contributed by atoms with Gasteiger partial charge in [-0.05, 0) is 59.1 Å². The first-order valence-electron chi connectivity index (χ1n) is 13.7. The van der Waals surface area contributed by atoms with E-state index in [1.165, 1.54) is 0 Å². The largest absolute Gasteiger partial charge is 0.396 e. The lowest BCUT2D eigenvalue weighted by Gasteiger charge is -2.41. The van der Waals surface area contributed by atoms with Crippen molar-refractivity contribution in [2.45, 2.75) is 69.7 Å². The maximum absolute atomic E-state index is 14.3. The summed E-state index contributed by atoms with van der Waals surface area (Å²) in [4.78, 5) is 48.0. The number of aliphatic hydroxyl groups excluding tert-OH is 1. The number of carbonyl (C=O) groups excluding carboxylic acids is 3. The molecule has 3 amide bonds. The second-order valence-corrected chi connectivity index (χ2v) is 12.0. The average molecular weight is 522 g/mol. The number of hydrogen-bond donors (Lipinski definition) is 1. The van der Waals surface area contributed by atoms with Gasteiger partial charge in [-0.25, -0.2) is 0 Å². The van der Waals surface area contributed by atoms with Gasteiger partial charge in [0.15, 0.2) is 0 Å². The van der Waals surface area contributed by atoms with Crippen LogP contribution in [0.25, 0.3) is 0 Å². The number of nitrogens with zero attached hydrogens (tertiary/aromatic N) is 3. The summed E-state index contributed by atoms with van der Waals surface area (Å²) in [7, 11) is 0. The lowest BCUT2D eigenvalue weighted by atomic mass is 9.74. The van der Waals surface area contributed by atoms with E-state index in [2.05, 4.69) is 0 Å². The van der Waals surface area contributed by atoms with Crippen LogP contribution in [0, 0.1) is 11.8 Å². The number of unbranched alkanes of at least 4 members (excludes halogenated alkanes) is 2. The molecule has 4 aliphatic heterocycles. The molecule has 1 N–H and O–H groups in total. The lowest BCUT2D eigenvalue weighted by Crippen LogP contribution is -2.59. The van der Waals surface area contributed by atoms with Crippen LogP contribution >= 0.6 is 0 Å². The molecule has 2 fully saturated rings. The Morgan fingerprint density at radius 1 is 0.921 bits per heavy atom. The molecule has 4 heterocycles. The predicted octanol–water partition coefficient (Wildman–Crippen LogP) is 2.92. The molecular formula is C30H39N3O5. The standard InChI is InChI=1S/C30H39N3O5/c1-28(2,3)33-19-12-16-30-23(26(36)32(24(30)27(33)37)17-9-6-10-20-34)22-25(35)31(21-13-7-5-8-14-21)18-11-15-29(22,4)38-30/h5,7-8,11-16,22-24,34H,6,9-10,17-20H2,1-4H3/t22-,23+,24?,29+,30+/m1/s1. The minimum Gasteiger partial charge on any atom is -0.396 e. The molecule has 2 saturated heterocycles. The molecule has 0 saturated carbocycles. The van der Waals surface area contributed by atoms with Crippen LogP contribution in [0.1, 0.15) is 47.0 Å². The van der Waals surface area contributed by atoms with Crippen molar-refractivity contribution in [3.05, 3.63) is 54.6 Å². The Hall–Kier alpha value is -2.97. The summed E-state index contributed by atoms with van der Waals surface area (Å²) in [6, 6.07) is 8.61. The van der Waals surface area contributed by atoms with Gasteiger partial charge in [-0.3, -0.25) is 14.4 Å². The van der Waals surface area contributed by atoms with Gasteiger partial charge in [-0.2, -0.15) is 0 Å². The van der Waals surface area contributed by atoms with Crippen LogP contribution in [0.2, 0.25) is 0 Å². The van der Waals surface area contributed by atoms with Crippen molar-refractivity contribution in [2.75, 3.05) is 31.1 Å². The van der Waals surface area contributed by atoms with E-state index in [9.17, 15) is 19.5 Å². The number of carbonyl (C=O) groups is 3. The van der Waals surface area contributed by atoms with E-state index >= 15 is 0 Å². The van der Waals surface area contributed by atoms with E-state index in [1.807, 2.05) is 82.3 Å². The van der Waals surface area contributed by atoms with Crippen molar-refractivity contribution in [3.8, 4) is 0 Å². The molecule has 1 unspecified atom stereocenters. The highest BCUT2D eigenvalue weighted by molar-refractivity contribution is 6.04. The fourth-order valence-corrected chi connectivity index (χ4v) is 6.78. The van der Waals surface area contributed by atoms with E-state index in [0.29, 0.717) is 32.5 Å². The summed E-state index contributed by atoms with van der Waals surface area (Å²) in [5, 5.41) is 9.24. The molecule has 8 heteroatoms. The zero-order chi connectivity index (χ0) is 27.3. The number of rotatable bonds is 6. The van der Waals surface area contributed by atoms with Crippen LogP contribution in [-0.4, -0.2) is 81.7 Å². The second-order valence-electron chi connectivity index (χ2n) is 12.0. The molecule has 1 spiro atoms. The van der Waals surface area contributed by atoms with Crippen molar-refractivity contribution < 1.29 is 24.2 Å². The SMILES string of the molecule is CC(C)(C)N1CC=C[C@]23O[C@@]4(C)C=CCN(c5ccccc5)C(=O)[C@H]4[C@H]2C(=O)N(CCCCCO)C3C1=O. The maximum Gasteiger partial charge on any atom is 0.249 e. The normalized spacial score (nSPS) is 32.8. The Morgan fingerprint density at radius 3 is 2.32 bits per heavy atom. The number of para-hydroxylation sites is 1. The van der Waals surface area contributed by atoms with Gasteiger partial charge in [0.2, 0.25) is 17.7 Å². The van der Waals surface area contributed by atoms with Crippen molar-refractivity contribution in [3.63, 3.8) is 0 Å². The van der Waals surface area contributed by atoms with Gasteiger partial charge < -0.3 is 24.5 Å². The molecule has 0 radical (unpaired) electrons. The molecule has 204 valence electrons. The molecule has 0 bridgehead atoms. The van der Waals surface area contributed by atoms with Gasteiger partial charge in [0.1, 0.15) is 11.6 Å². The average Bonchev–Trinajstić information content (AvgIpc) is 3.12. The number of amides is 3. The smallest absolute Gasteiger partial charge is 0.249 e. The van der Waals surface area contributed by atoms with Gasteiger partial charge in [0.25, 0.3) is 0 Å². The molecule has 4 aliphatic rings. The number of hydrogen-bond acceptors (Lipinski definition) is 5. The first-order valence-corrected chi connectivity index (χ1v) is 13.7. The van der Waals surface area contributed by atoms with Crippen molar-refractivity contribution in [1.82, 2.24) is 9.80 Å². The van der Waals surface area contributed by atoms with E-state index in [4.69, 9.17) is 4.74 Å². The second kappa shape index (κ2) is 9.65. The zero-order valence-corrected chi connectivity index (χ0v) is 22.8. The fraction of sp³-hybridized carbons (Fsp3) is 0.567. The Morgan fingerprint density at radius 2 is 1.63 bits per heavy atom. The Kier molecular flexibility index (Phi) is 6.76. The molecular weight excluding hydrogens is 482 g/mol. The monoisotopic (exact) mass is 521 g/mol. The summed E-state index contributed by atoms with van der Waals surface area (Å²) < 4.78 is 6.87.